The summed E-state index contributed by atoms with van der Waals surface area (Å²) in [5.41, 5.74) is 0.246. The van der Waals surface area contributed by atoms with Crippen LogP contribution in [0.3, 0.4) is 0 Å². The fraction of sp³-hybridized carbons (Fsp3) is 0.700. The van der Waals surface area contributed by atoms with E-state index < -0.39 is 0 Å². The third-order valence-corrected chi connectivity index (χ3v) is 5.52. The van der Waals surface area contributed by atoms with Gasteiger partial charge in [0.05, 0.1) is 13.2 Å². The van der Waals surface area contributed by atoms with Gasteiger partial charge >= 0.3 is 0 Å². The predicted molar refractivity (Wildman–Crippen MR) is 103 cm³/mol. The Morgan fingerprint density at radius 3 is 2.26 bits per heavy atom. The lowest BCUT2D eigenvalue weighted by Crippen LogP contribution is -2.41. The van der Waals surface area contributed by atoms with E-state index in [-0.39, 0.29) is 5.57 Å². The van der Waals surface area contributed by atoms with Gasteiger partial charge < -0.3 is 14.5 Å². The number of allylic oxidation sites excluding steroid dienone is 1. The third kappa shape index (κ3) is 5.46. The second-order valence-corrected chi connectivity index (χ2v) is 7.26. The minimum atomic E-state index is 0.246. The number of nitrogens with zero attached hydrogens (tertiary/aromatic N) is 6. The summed E-state index contributed by atoms with van der Waals surface area (Å²) < 4.78 is 5.41. The SMILES string of the molecule is N#CC(C#N)=C1N(CCCN2CC=CCC2)CCN1CCN1CCOCC1. The largest absolute Gasteiger partial charge is 0.379 e. The number of ether oxygens (including phenoxy) is 1. The molecule has 0 amide bonds. The molecule has 0 saturated carbocycles. The summed E-state index contributed by atoms with van der Waals surface area (Å²) in [4.78, 5) is 9.32. The number of rotatable bonds is 7. The van der Waals surface area contributed by atoms with Crippen LogP contribution >= 0.6 is 0 Å². The van der Waals surface area contributed by atoms with Crippen molar-refractivity contribution in [1.29, 1.82) is 10.5 Å². The van der Waals surface area contributed by atoms with Gasteiger partial charge in [-0.3, -0.25) is 9.80 Å². The van der Waals surface area contributed by atoms with E-state index in [0.29, 0.717) is 0 Å². The molecule has 2 saturated heterocycles. The van der Waals surface area contributed by atoms with Crippen molar-refractivity contribution in [2.45, 2.75) is 12.8 Å². The lowest BCUT2D eigenvalue weighted by atomic mass is 10.2. The molecule has 3 heterocycles. The quantitative estimate of drug-likeness (QED) is 0.486. The van der Waals surface area contributed by atoms with Crippen molar-refractivity contribution in [3.8, 4) is 12.1 Å². The van der Waals surface area contributed by atoms with Crippen LogP contribution in [0, 0.1) is 22.7 Å². The Bertz CT molecular complexity index is 609. The summed E-state index contributed by atoms with van der Waals surface area (Å²) in [6.07, 6.45) is 6.67. The number of hydrogen-bond acceptors (Lipinski definition) is 7. The summed E-state index contributed by atoms with van der Waals surface area (Å²) in [6, 6.07) is 4.23. The lowest BCUT2D eigenvalue weighted by molar-refractivity contribution is 0.0351. The first-order valence-electron chi connectivity index (χ1n) is 10.0. The number of morpholine rings is 1. The van der Waals surface area contributed by atoms with E-state index in [1.54, 1.807) is 0 Å². The van der Waals surface area contributed by atoms with E-state index in [9.17, 15) is 10.5 Å². The molecular formula is C20H30N6O. The minimum Gasteiger partial charge on any atom is -0.379 e. The molecule has 7 nitrogen and oxygen atoms in total. The summed E-state index contributed by atoms with van der Waals surface area (Å²) in [5.74, 6) is 0.840. The molecule has 3 rings (SSSR count). The van der Waals surface area contributed by atoms with E-state index in [0.717, 1.165) is 97.3 Å². The van der Waals surface area contributed by atoms with E-state index in [4.69, 9.17) is 4.74 Å². The predicted octanol–water partition coefficient (Wildman–Crippen LogP) is 0.847. The molecule has 2 fully saturated rings. The first-order valence-corrected chi connectivity index (χ1v) is 10.0. The Morgan fingerprint density at radius 2 is 1.59 bits per heavy atom. The Hall–Kier alpha value is -2.06. The van der Waals surface area contributed by atoms with Crippen LogP contribution in [0.4, 0.5) is 0 Å². The van der Waals surface area contributed by atoms with Gasteiger partial charge in [0.25, 0.3) is 0 Å². The van der Waals surface area contributed by atoms with Gasteiger partial charge in [-0.15, -0.1) is 0 Å². The zero-order chi connectivity index (χ0) is 18.9. The molecule has 146 valence electrons. The van der Waals surface area contributed by atoms with Crippen molar-refractivity contribution < 1.29 is 4.74 Å². The first-order chi connectivity index (χ1) is 13.3. The van der Waals surface area contributed by atoms with Gasteiger partial charge in [-0.2, -0.15) is 10.5 Å². The molecule has 0 bridgehead atoms. The molecule has 0 spiro atoms. The van der Waals surface area contributed by atoms with Crippen LogP contribution in [0.5, 0.6) is 0 Å². The minimum absolute atomic E-state index is 0.246. The summed E-state index contributed by atoms with van der Waals surface area (Å²) in [7, 11) is 0. The molecule has 27 heavy (non-hydrogen) atoms. The molecule has 0 aliphatic carbocycles. The Kier molecular flexibility index (Phi) is 7.53. The molecule has 0 N–H and O–H groups in total. The molecule has 3 aliphatic rings. The highest BCUT2D eigenvalue weighted by molar-refractivity contribution is 5.40. The Balaban J connectivity index is 1.55. The average Bonchev–Trinajstić information content (AvgIpc) is 3.12. The highest BCUT2D eigenvalue weighted by atomic mass is 16.5. The Morgan fingerprint density at radius 1 is 0.852 bits per heavy atom. The van der Waals surface area contributed by atoms with Crippen LogP contribution in [-0.2, 0) is 4.74 Å². The number of hydrogen-bond donors (Lipinski definition) is 0. The van der Waals surface area contributed by atoms with Crippen molar-refractivity contribution >= 4 is 0 Å². The molecule has 0 aromatic rings. The van der Waals surface area contributed by atoms with Gasteiger partial charge in [0.15, 0.2) is 5.57 Å². The summed E-state index contributed by atoms with van der Waals surface area (Å²) in [6.45, 7) is 11.2. The first kappa shape index (κ1) is 19.7. The fourth-order valence-electron chi connectivity index (χ4n) is 3.99. The third-order valence-electron chi connectivity index (χ3n) is 5.52. The fourth-order valence-corrected chi connectivity index (χ4v) is 3.99. The average molecular weight is 371 g/mol. The van der Waals surface area contributed by atoms with E-state index >= 15 is 0 Å². The van der Waals surface area contributed by atoms with Crippen molar-refractivity contribution in [2.24, 2.45) is 0 Å². The van der Waals surface area contributed by atoms with E-state index in [1.165, 1.54) is 0 Å². The molecule has 0 aromatic heterocycles. The van der Waals surface area contributed by atoms with Crippen molar-refractivity contribution in [2.75, 3.05) is 78.7 Å². The van der Waals surface area contributed by atoms with E-state index in [2.05, 4.69) is 43.9 Å². The zero-order valence-corrected chi connectivity index (χ0v) is 16.1. The maximum atomic E-state index is 9.44. The van der Waals surface area contributed by atoms with Gasteiger partial charge in [0.1, 0.15) is 18.0 Å². The Labute approximate surface area is 162 Å². The van der Waals surface area contributed by atoms with Gasteiger partial charge in [0, 0.05) is 65.4 Å². The van der Waals surface area contributed by atoms with Crippen LogP contribution in [0.15, 0.2) is 23.5 Å². The van der Waals surface area contributed by atoms with Gasteiger partial charge in [-0.25, -0.2) is 0 Å². The molecule has 7 heteroatoms. The highest BCUT2D eigenvalue weighted by Crippen LogP contribution is 2.22. The summed E-state index contributed by atoms with van der Waals surface area (Å²) in [5, 5.41) is 18.9. The monoisotopic (exact) mass is 370 g/mol. The van der Waals surface area contributed by atoms with Gasteiger partial charge in [-0.1, -0.05) is 12.2 Å². The summed E-state index contributed by atoms with van der Waals surface area (Å²) >= 11 is 0. The van der Waals surface area contributed by atoms with Crippen LogP contribution in [0.2, 0.25) is 0 Å². The van der Waals surface area contributed by atoms with Crippen molar-refractivity contribution in [3.05, 3.63) is 23.5 Å². The highest BCUT2D eigenvalue weighted by Gasteiger charge is 2.28. The molecule has 0 radical (unpaired) electrons. The second kappa shape index (κ2) is 10.3. The van der Waals surface area contributed by atoms with Crippen LogP contribution in [0.25, 0.3) is 0 Å². The molecule has 0 aromatic carbocycles. The van der Waals surface area contributed by atoms with Crippen LogP contribution in [-0.4, -0.2) is 98.3 Å². The second-order valence-electron chi connectivity index (χ2n) is 7.26. The molecule has 0 atom stereocenters. The topological polar surface area (TPSA) is 69.8 Å². The van der Waals surface area contributed by atoms with E-state index in [1.807, 2.05) is 0 Å². The molecular weight excluding hydrogens is 340 g/mol. The maximum Gasteiger partial charge on any atom is 0.169 e. The van der Waals surface area contributed by atoms with Gasteiger partial charge in [0.2, 0.25) is 0 Å². The lowest BCUT2D eigenvalue weighted by Gasteiger charge is -2.30. The molecule has 0 unspecified atom stereocenters. The number of nitriles is 2. The van der Waals surface area contributed by atoms with Crippen molar-refractivity contribution in [1.82, 2.24) is 19.6 Å². The normalized spacial score (nSPS) is 21.3. The maximum absolute atomic E-state index is 9.44. The zero-order valence-electron chi connectivity index (χ0n) is 16.1. The molecule has 3 aliphatic heterocycles. The smallest absolute Gasteiger partial charge is 0.169 e. The standard InChI is InChI=1S/C20H30N6O/c21-17-19(18-22)20-25(8-4-7-23-5-2-1-3-6-23)11-12-26(20)10-9-24-13-15-27-16-14-24/h1-2H,3-16H2. The van der Waals surface area contributed by atoms with Gasteiger partial charge in [-0.05, 0) is 12.8 Å². The van der Waals surface area contributed by atoms with Crippen LogP contribution < -0.4 is 0 Å². The van der Waals surface area contributed by atoms with Crippen LogP contribution in [0.1, 0.15) is 12.8 Å². The van der Waals surface area contributed by atoms with Crippen molar-refractivity contribution in [3.63, 3.8) is 0 Å².